The first-order valence-corrected chi connectivity index (χ1v) is 8.87. The zero-order chi connectivity index (χ0) is 17.8. The summed E-state index contributed by atoms with van der Waals surface area (Å²) in [5, 5.41) is 10.7. The summed E-state index contributed by atoms with van der Waals surface area (Å²) >= 11 is 0. The van der Waals surface area contributed by atoms with Gasteiger partial charge in [0.2, 0.25) is 0 Å². The van der Waals surface area contributed by atoms with Gasteiger partial charge in [-0.2, -0.15) is 0 Å². The minimum absolute atomic E-state index is 0.0856. The molecule has 0 heterocycles. The Morgan fingerprint density at radius 3 is 1.83 bits per heavy atom. The Morgan fingerprint density at radius 1 is 0.957 bits per heavy atom. The molecular formula is C21H36O2. The third-order valence-electron chi connectivity index (χ3n) is 4.12. The van der Waals surface area contributed by atoms with Crippen LogP contribution in [-0.2, 0) is 22.2 Å². The van der Waals surface area contributed by atoms with E-state index < -0.39 is 0 Å². The minimum atomic E-state index is -0.0856. The molecule has 0 spiro atoms. The van der Waals surface area contributed by atoms with Gasteiger partial charge in [-0.15, -0.1) is 0 Å². The van der Waals surface area contributed by atoms with E-state index in [-0.39, 0.29) is 10.8 Å². The number of phenols is 1. The molecule has 0 aliphatic carbocycles. The van der Waals surface area contributed by atoms with Crippen molar-refractivity contribution in [2.45, 2.75) is 85.7 Å². The van der Waals surface area contributed by atoms with Crippen LogP contribution in [0.25, 0.3) is 0 Å². The third kappa shape index (κ3) is 6.18. The largest absolute Gasteiger partial charge is 0.507 e. The average Bonchev–Trinajstić information content (AvgIpc) is 2.36. The van der Waals surface area contributed by atoms with E-state index in [2.05, 4.69) is 67.5 Å². The smallest absolute Gasteiger partial charge is 0.123 e. The summed E-state index contributed by atoms with van der Waals surface area (Å²) in [6.45, 7) is 18.7. The molecular weight excluding hydrogens is 284 g/mol. The lowest BCUT2D eigenvalue weighted by atomic mass is 9.78. The lowest BCUT2D eigenvalue weighted by molar-refractivity contribution is 0.114. The first kappa shape index (κ1) is 20.0. The predicted molar refractivity (Wildman–Crippen MR) is 99.2 cm³/mol. The number of phenolic OH excluding ortho intramolecular Hbond substituents is 1. The van der Waals surface area contributed by atoms with E-state index in [1.807, 2.05) is 0 Å². The van der Waals surface area contributed by atoms with Gasteiger partial charge < -0.3 is 9.84 Å². The lowest BCUT2D eigenvalue weighted by Crippen LogP contribution is -2.18. The number of rotatable bonds is 6. The van der Waals surface area contributed by atoms with Crippen LogP contribution >= 0.6 is 0 Å². The van der Waals surface area contributed by atoms with Crippen LogP contribution in [0.2, 0.25) is 0 Å². The summed E-state index contributed by atoms with van der Waals surface area (Å²) in [4.78, 5) is 0. The zero-order valence-electron chi connectivity index (χ0n) is 16.4. The van der Waals surface area contributed by atoms with Crippen molar-refractivity contribution in [2.75, 3.05) is 6.61 Å². The van der Waals surface area contributed by atoms with E-state index in [0.29, 0.717) is 12.4 Å². The molecule has 0 radical (unpaired) electrons. The second-order valence-corrected chi connectivity index (χ2v) is 9.13. The van der Waals surface area contributed by atoms with E-state index in [9.17, 15) is 5.11 Å². The molecule has 2 heteroatoms. The van der Waals surface area contributed by atoms with E-state index in [1.165, 1.54) is 6.42 Å². The molecule has 0 aliphatic rings. The fraction of sp³-hybridized carbons (Fsp3) is 0.714. The van der Waals surface area contributed by atoms with Gasteiger partial charge in [-0.05, 0) is 58.4 Å². The normalized spacial score (nSPS) is 12.9. The van der Waals surface area contributed by atoms with Crippen molar-refractivity contribution >= 4 is 0 Å². The summed E-state index contributed by atoms with van der Waals surface area (Å²) in [7, 11) is 0. The molecule has 1 N–H and O–H groups in total. The number of hydrogen-bond donors (Lipinski definition) is 1. The van der Waals surface area contributed by atoms with Gasteiger partial charge in [0.1, 0.15) is 5.75 Å². The maximum Gasteiger partial charge on any atom is 0.123 e. The van der Waals surface area contributed by atoms with Crippen LogP contribution in [0, 0.1) is 5.92 Å². The average molecular weight is 321 g/mol. The highest BCUT2D eigenvalue weighted by atomic mass is 16.5. The maximum atomic E-state index is 10.7. The quantitative estimate of drug-likeness (QED) is 0.657. The van der Waals surface area contributed by atoms with Crippen LogP contribution < -0.4 is 0 Å². The van der Waals surface area contributed by atoms with Gasteiger partial charge in [0, 0.05) is 6.61 Å². The first-order chi connectivity index (χ1) is 10.4. The SMILES string of the molecule is CC(C)CCCOCc1cc(C(C)(C)C)c(O)c(C(C)(C)C)c1. The molecule has 132 valence electrons. The number of aromatic hydroxyl groups is 1. The molecule has 0 bridgehead atoms. The molecule has 0 amide bonds. The third-order valence-corrected chi connectivity index (χ3v) is 4.12. The molecule has 0 aliphatic heterocycles. The van der Waals surface area contributed by atoms with E-state index >= 15 is 0 Å². The van der Waals surface area contributed by atoms with Gasteiger partial charge in [-0.1, -0.05) is 55.4 Å². The molecule has 1 aromatic rings. The first-order valence-electron chi connectivity index (χ1n) is 8.87. The summed E-state index contributed by atoms with van der Waals surface area (Å²) < 4.78 is 5.86. The molecule has 2 nitrogen and oxygen atoms in total. The van der Waals surface area contributed by atoms with Gasteiger partial charge >= 0.3 is 0 Å². The highest BCUT2D eigenvalue weighted by Crippen LogP contribution is 2.39. The van der Waals surface area contributed by atoms with Crippen LogP contribution in [0.5, 0.6) is 5.75 Å². The van der Waals surface area contributed by atoms with Crippen molar-refractivity contribution in [1.29, 1.82) is 0 Å². The summed E-state index contributed by atoms with van der Waals surface area (Å²) in [5.74, 6) is 1.17. The second-order valence-electron chi connectivity index (χ2n) is 9.13. The van der Waals surface area contributed by atoms with Crippen molar-refractivity contribution in [3.63, 3.8) is 0 Å². The Morgan fingerprint density at radius 2 is 1.43 bits per heavy atom. The Kier molecular flexibility index (Phi) is 6.70. The molecule has 0 aromatic heterocycles. The monoisotopic (exact) mass is 320 g/mol. The summed E-state index contributed by atoms with van der Waals surface area (Å²) in [6, 6.07) is 4.21. The Balaban J connectivity index is 2.96. The fourth-order valence-corrected chi connectivity index (χ4v) is 2.70. The van der Waals surface area contributed by atoms with Crippen LogP contribution in [-0.4, -0.2) is 11.7 Å². The van der Waals surface area contributed by atoms with Crippen LogP contribution in [0.1, 0.15) is 84.9 Å². The van der Waals surface area contributed by atoms with Crippen LogP contribution in [0.3, 0.4) is 0 Å². The topological polar surface area (TPSA) is 29.5 Å². The van der Waals surface area contributed by atoms with Crippen molar-refractivity contribution in [3.05, 3.63) is 28.8 Å². The highest BCUT2D eigenvalue weighted by Gasteiger charge is 2.26. The van der Waals surface area contributed by atoms with Gasteiger partial charge in [-0.3, -0.25) is 0 Å². The van der Waals surface area contributed by atoms with Crippen LogP contribution in [0.4, 0.5) is 0 Å². The summed E-state index contributed by atoms with van der Waals surface area (Å²) in [5.41, 5.74) is 2.99. The number of hydrogen-bond acceptors (Lipinski definition) is 2. The Labute approximate surface area is 143 Å². The Bertz CT molecular complexity index is 467. The molecule has 0 saturated heterocycles. The van der Waals surface area contributed by atoms with Gasteiger partial charge in [0.15, 0.2) is 0 Å². The van der Waals surface area contributed by atoms with Gasteiger partial charge in [0.05, 0.1) is 6.61 Å². The van der Waals surface area contributed by atoms with E-state index in [1.54, 1.807) is 0 Å². The number of benzene rings is 1. The van der Waals surface area contributed by atoms with E-state index in [4.69, 9.17) is 4.74 Å². The zero-order valence-corrected chi connectivity index (χ0v) is 16.4. The molecule has 23 heavy (non-hydrogen) atoms. The standard InChI is InChI=1S/C21H36O2/c1-15(2)10-9-11-23-14-16-12-17(20(3,4)5)19(22)18(13-16)21(6,7)8/h12-13,15,22H,9-11,14H2,1-8H3. The van der Waals surface area contributed by atoms with E-state index in [0.717, 1.165) is 35.6 Å². The second kappa shape index (κ2) is 7.70. The number of ether oxygens (including phenoxy) is 1. The molecule has 0 unspecified atom stereocenters. The predicted octanol–water partition coefficient (Wildman–Crippen LogP) is 5.94. The Hall–Kier alpha value is -1.02. The molecule has 0 saturated carbocycles. The maximum absolute atomic E-state index is 10.7. The highest BCUT2D eigenvalue weighted by molar-refractivity contribution is 5.49. The van der Waals surface area contributed by atoms with Crippen molar-refractivity contribution in [3.8, 4) is 5.75 Å². The summed E-state index contributed by atoms with van der Waals surface area (Å²) in [6.07, 6.45) is 2.31. The van der Waals surface area contributed by atoms with Gasteiger partial charge in [0.25, 0.3) is 0 Å². The van der Waals surface area contributed by atoms with Gasteiger partial charge in [-0.25, -0.2) is 0 Å². The van der Waals surface area contributed by atoms with Crippen molar-refractivity contribution < 1.29 is 9.84 Å². The molecule has 1 aromatic carbocycles. The molecule has 0 atom stereocenters. The molecule has 1 rings (SSSR count). The van der Waals surface area contributed by atoms with Crippen molar-refractivity contribution in [2.24, 2.45) is 5.92 Å². The van der Waals surface area contributed by atoms with Crippen LogP contribution in [0.15, 0.2) is 12.1 Å². The lowest BCUT2D eigenvalue weighted by Gasteiger charge is -2.28. The minimum Gasteiger partial charge on any atom is -0.507 e. The molecule has 0 fully saturated rings. The fourth-order valence-electron chi connectivity index (χ4n) is 2.70. The van der Waals surface area contributed by atoms with Crippen molar-refractivity contribution in [1.82, 2.24) is 0 Å².